The molecule has 148 valence electrons. The second kappa shape index (κ2) is 9.24. The Balaban J connectivity index is 1.78. The number of nitrogens with zero attached hydrogens (tertiary/aromatic N) is 3. The van der Waals surface area contributed by atoms with Gasteiger partial charge in [0.05, 0.1) is 5.92 Å². The number of pyridine rings is 1. The summed E-state index contributed by atoms with van der Waals surface area (Å²) in [6.07, 6.45) is 5.30. The van der Waals surface area contributed by atoms with E-state index in [0.29, 0.717) is 22.8 Å². The average molecular weight is 413 g/mol. The minimum Gasteiger partial charge on any atom is -0.309 e. The van der Waals surface area contributed by atoms with Crippen LogP contribution in [0.25, 0.3) is 0 Å². The van der Waals surface area contributed by atoms with Crippen LogP contribution >= 0.6 is 11.3 Å². The molecule has 0 saturated heterocycles. The first-order valence-electron chi connectivity index (χ1n) is 8.72. The largest absolute Gasteiger partial charge is 0.309 e. The molecular weight excluding hydrogens is 396 g/mol. The minimum absolute atomic E-state index is 0.139. The molecule has 1 unspecified atom stereocenters. The van der Waals surface area contributed by atoms with Gasteiger partial charge in [0.15, 0.2) is 0 Å². The lowest BCUT2D eigenvalue weighted by atomic mass is 9.95. The van der Waals surface area contributed by atoms with E-state index in [-0.39, 0.29) is 5.82 Å². The van der Waals surface area contributed by atoms with Crippen molar-refractivity contribution in [2.75, 3.05) is 5.32 Å². The Morgan fingerprint density at radius 1 is 1.28 bits per heavy atom. The third kappa shape index (κ3) is 4.94. The molecule has 1 atom stereocenters. The van der Waals surface area contributed by atoms with Crippen LogP contribution in [0.15, 0.2) is 53.1 Å². The van der Waals surface area contributed by atoms with Gasteiger partial charge in [-0.1, -0.05) is 19.1 Å². The highest BCUT2D eigenvalue weighted by Crippen LogP contribution is 2.21. The second-order valence-electron chi connectivity index (χ2n) is 5.98. The molecule has 2 aromatic heterocycles. The number of anilines is 1. The summed E-state index contributed by atoms with van der Waals surface area (Å²) in [5, 5.41) is 13.0. The molecule has 1 amide bonds. The minimum atomic E-state index is -0.950. The average Bonchev–Trinajstić information content (AvgIpc) is 3.22. The summed E-state index contributed by atoms with van der Waals surface area (Å²) in [4.78, 5) is 24.7. The molecule has 1 aromatic carbocycles. The first-order chi connectivity index (χ1) is 14.0. The summed E-state index contributed by atoms with van der Waals surface area (Å²) < 4.78 is 27.5. The molecule has 0 bridgehead atoms. The van der Waals surface area contributed by atoms with Crippen LogP contribution < -0.4 is 5.32 Å². The third-order valence-electron chi connectivity index (χ3n) is 4.09. The fourth-order valence-electron chi connectivity index (χ4n) is 2.57. The van der Waals surface area contributed by atoms with Crippen LogP contribution in [0.2, 0.25) is 0 Å². The Morgan fingerprint density at radius 3 is 2.62 bits per heavy atom. The zero-order valence-corrected chi connectivity index (χ0v) is 16.2. The van der Waals surface area contributed by atoms with Crippen molar-refractivity contribution in [1.29, 1.82) is 5.41 Å². The number of benzene rings is 1. The van der Waals surface area contributed by atoms with Gasteiger partial charge < -0.3 is 10.7 Å². The van der Waals surface area contributed by atoms with Crippen molar-refractivity contribution in [2.24, 2.45) is 4.99 Å². The number of amides is 1. The number of rotatable bonds is 7. The molecule has 0 radical (unpaired) electrons. The first kappa shape index (κ1) is 20.4. The molecule has 6 nitrogen and oxygen atoms in total. The maximum Gasteiger partial charge on any atom is 0.262 e. The lowest BCUT2D eigenvalue weighted by Crippen LogP contribution is -2.17. The Labute approximate surface area is 169 Å². The number of carbonyl (C=O) groups is 1. The van der Waals surface area contributed by atoms with Gasteiger partial charge in [-0.15, -0.1) is 11.3 Å². The molecule has 0 fully saturated rings. The maximum absolute atomic E-state index is 13.7. The SMILES string of the molecule is CCC(=N)C(C=Nc1nccs1)c1ccc(NC(=O)c2c(F)cccc2F)nc1. The Morgan fingerprint density at radius 2 is 2.03 bits per heavy atom. The fraction of sp³-hybridized carbons (Fsp3) is 0.150. The van der Waals surface area contributed by atoms with Gasteiger partial charge in [0.2, 0.25) is 5.13 Å². The van der Waals surface area contributed by atoms with E-state index in [0.717, 1.165) is 12.1 Å². The summed E-state index contributed by atoms with van der Waals surface area (Å²) in [5.74, 6) is -3.09. The zero-order chi connectivity index (χ0) is 20.8. The quantitative estimate of drug-likeness (QED) is 0.535. The molecule has 0 saturated carbocycles. The lowest BCUT2D eigenvalue weighted by Gasteiger charge is -2.13. The smallest absolute Gasteiger partial charge is 0.262 e. The van der Waals surface area contributed by atoms with E-state index in [1.807, 2.05) is 12.3 Å². The second-order valence-corrected chi connectivity index (χ2v) is 6.85. The number of hydrogen-bond acceptors (Lipinski definition) is 6. The van der Waals surface area contributed by atoms with Crippen LogP contribution in [0, 0.1) is 17.0 Å². The molecule has 9 heteroatoms. The molecule has 0 aliphatic carbocycles. The molecule has 0 aliphatic heterocycles. The number of halogens is 2. The van der Waals surface area contributed by atoms with Gasteiger partial charge in [-0.25, -0.2) is 23.7 Å². The molecule has 2 N–H and O–H groups in total. The number of aliphatic imine (C=N–C) groups is 1. The standard InChI is InChI=1S/C20H17F2N5OS/c1-2-16(23)13(11-26-20-24-8-9-29-20)12-6-7-17(25-10-12)27-19(28)18-14(21)4-3-5-15(18)22/h3-11,13,23H,2H2,1H3,(H,25,27,28). The molecule has 2 heterocycles. The van der Waals surface area contributed by atoms with Gasteiger partial charge in [0.25, 0.3) is 5.91 Å². The van der Waals surface area contributed by atoms with E-state index in [4.69, 9.17) is 5.41 Å². The van der Waals surface area contributed by atoms with Crippen LogP contribution in [0.5, 0.6) is 0 Å². The van der Waals surface area contributed by atoms with Crippen LogP contribution in [-0.4, -0.2) is 27.8 Å². The zero-order valence-electron chi connectivity index (χ0n) is 15.4. The Bertz CT molecular complexity index is 1020. The molecular formula is C20H17F2N5OS. The molecule has 3 aromatic rings. The van der Waals surface area contributed by atoms with Crippen LogP contribution in [0.3, 0.4) is 0 Å². The van der Waals surface area contributed by atoms with Crippen molar-refractivity contribution in [1.82, 2.24) is 9.97 Å². The normalized spacial score (nSPS) is 12.1. The van der Waals surface area contributed by atoms with E-state index in [1.54, 1.807) is 18.5 Å². The van der Waals surface area contributed by atoms with Crippen molar-refractivity contribution in [3.8, 4) is 0 Å². The molecule has 0 aliphatic rings. The predicted molar refractivity (Wildman–Crippen MR) is 110 cm³/mol. The van der Waals surface area contributed by atoms with Crippen LogP contribution in [-0.2, 0) is 0 Å². The summed E-state index contributed by atoms with van der Waals surface area (Å²) in [6, 6.07) is 6.40. The molecule has 3 rings (SSSR count). The van der Waals surface area contributed by atoms with E-state index in [9.17, 15) is 13.6 Å². The van der Waals surface area contributed by atoms with Crippen LogP contribution in [0.4, 0.5) is 19.7 Å². The highest BCUT2D eigenvalue weighted by molar-refractivity contribution is 7.13. The maximum atomic E-state index is 13.7. The van der Waals surface area contributed by atoms with E-state index < -0.39 is 29.0 Å². The Hall–Kier alpha value is -3.33. The van der Waals surface area contributed by atoms with E-state index in [2.05, 4.69) is 20.3 Å². The summed E-state index contributed by atoms with van der Waals surface area (Å²) in [7, 11) is 0. The lowest BCUT2D eigenvalue weighted by molar-refractivity contribution is 0.101. The molecule has 0 spiro atoms. The van der Waals surface area contributed by atoms with Crippen molar-refractivity contribution in [2.45, 2.75) is 19.3 Å². The van der Waals surface area contributed by atoms with Crippen LogP contribution in [0.1, 0.15) is 35.2 Å². The number of thiazole rings is 1. The number of nitrogens with one attached hydrogen (secondary N) is 2. The number of aromatic nitrogens is 2. The fourth-order valence-corrected chi connectivity index (χ4v) is 3.06. The van der Waals surface area contributed by atoms with Gasteiger partial charge in [0.1, 0.15) is 23.0 Å². The van der Waals surface area contributed by atoms with Crippen molar-refractivity contribution >= 4 is 40.1 Å². The highest BCUT2D eigenvalue weighted by Gasteiger charge is 2.18. The Kier molecular flexibility index (Phi) is 6.50. The summed E-state index contributed by atoms with van der Waals surface area (Å²) >= 11 is 1.38. The first-order valence-corrected chi connectivity index (χ1v) is 9.60. The third-order valence-corrected chi connectivity index (χ3v) is 4.77. The van der Waals surface area contributed by atoms with Gasteiger partial charge >= 0.3 is 0 Å². The predicted octanol–water partition coefficient (Wildman–Crippen LogP) is 4.98. The number of carbonyl (C=O) groups excluding carboxylic acids is 1. The summed E-state index contributed by atoms with van der Waals surface area (Å²) in [5.41, 5.74) is 0.476. The van der Waals surface area contributed by atoms with Gasteiger partial charge in [0, 0.05) is 29.7 Å². The van der Waals surface area contributed by atoms with Gasteiger partial charge in [-0.2, -0.15) is 0 Å². The number of hydrogen-bond donors (Lipinski definition) is 2. The van der Waals surface area contributed by atoms with E-state index in [1.165, 1.54) is 29.7 Å². The molecule has 29 heavy (non-hydrogen) atoms. The van der Waals surface area contributed by atoms with Crippen molar-refractivity contribution in [3.05, 3.63) is 70.9 Å². The van der Waals surface area contributed by atoms with Gasteiger partial charge in [-0.05, 0) is 30.2 Å². The van der Waals surface area contributed by atoms with Gasteiger partial charge in [-0.3, -0.25) is 4.79 Å². The highest BCUT2D eigenvalue weighted by atomic mass is 32.1. The monoisotopic (exact) mass is 413 g/mol. The van der Waals surface area contributed by atoms with Crippen molar-refractivity contribution in [3.63, 3.8) is 0 Å². The topological polar surface area (TPSA) is 91.1 Å². The van der Waals surface area contributed by atoms with E-state index >= 15 is 0 Å². The summed E-state index contributed by atoms with van der Waals surface area (Å²) in [6.45, 7) is 1.87. The van der Waals surface area contributed by atoms with Crippen molar-refractivity contribution < 1.29 is 13.6 Å².